The van der Waals surface area contributed by atoms with Gasteiger partial charge in [0.1, 0.15) is 0 Å². The van der Waals surface area contributed by atoms with E-state index in [4.69, 9.17) is 0 Å². The summed E-state index contributed by atoms with van der Waals surface area (Å²) < 4.78 is 0. The molecule has 3 rings (SSSR count). The Balaban J connectivity index is 1.70. The molecule has 1 aliphatic rings. The van der Waals surface area contributed by atoms with Gasteiger partial charge in [-0.05, 0) is 46.7 Å². The Bertz CT molecular complexity index is 928. The fraction of sp³-hybridized carbons (Fsp3) is 0.111. The summed E-state index contributed by atoms with van der Waals surface area (Å²) in [5, 5.41) is 23.2. The van der Waals surface area contributed by atoms with E-state index in [1.54, 1.807) is 6.07 Å². The molecule has 0 bridgehead atoms. The maximum atomic E-state index is 12.5. The number of carboxylic acid groups (broad SMARTS) is 2. The number of thioether (sulfide) groups is 1. The van der Waals surface area contributed by atoms with E-state index in [2.05, 4.69) is 5.32 Å². The third-order valence-electron chi connectivity index (χ3n) is 3.85. The lowest BCUT2D eigenvalue weighted by Gasteiger charge is -2.16. The van der Waals surface area contributed by atoms with Crippen LogP contribution >= 0.6 is 11.8 Å². The first kappa shape index (κ1) is 18.5. The van der Waals surface area contributed by atoms with Gasteiger partial charge in [-0.1, -0.05) is 30.3 Å². The molecule has 27 heavy (non-hydrogen) atoms. The molecule has 0 saturated carbocycles. The zero-order valence-corrected chi connectivity index (χ0v) is 14.5. The van der Waals surface area contributed by atoms with Crippen molar-refractivity contribution >= 4 is 40.5 Å². The number of anilines is 1. The number of imide groups is 1. The molecule has 0 radical (unpaired) electrons. The Kier molecular flexibility index (Phi) is 5.13. The zero-order valence-electron chi connectivity index (χ0n) is 13.7. The molecule has 8 nitrogen and oxygen atoms in total. The highest BCUT2D eigenvalue weighted by atomic mass is 32.2. The van der Waals surface area contributed by atoms with Crippen LogP contribution in [0.4, 0.5) is 10.5 Å². The minimum absolute atomic E-state index is 0.00328. The molecular formula is C18H12N2O6S-2. The molecule has 2 aromatic carbocycles. The number of nitrogens with one attached hydrogen (secondary N) is 1. The predicted octanol–water partition coefficient (Wildman–Crippen LogP) is 0.0472. The van der Waals surface area contributed by atoms with E-state index in [9.17, 15) is 29.4 Å². The highest BCUT2D eigenvalue weighted by Gasteiger charge is 2.39. The number of carboxylic acids is 2. The quantitative estimate of drug-likeness (QED) is 0.739. The van der Waals surface area contributed by atoms with Crippen LogP contribution in [0.2, 0.25) is 0 Å². The van der Waals surface area contributed by atoms with Crippen molar-refractivity contribution in [2.24, 2.45) is 0 Å². The summed E-state index contributed by atoms with van der Waals surface area (Å²) in [5.74, 6) is -3.13. The van der Waals surface area contributed by atoms with Crippen LogP contribution in [0, 0.1) is 0 Å². The van der Waals surface area contributed by atoms with E-state index in [-0.39, 0.29) is 17.7 Å². The summed E-state index contributed by atoms with van der Waals surface area (Å²) in [6, 6.07) is 11.4. The predicted molar refractivity (Wildman–Crippen MR) is 92.5 cm³/mol. The first-order chi connectivity index (χ1) is 12.8. The highest BCUT2D eigenvalue weighted by molar-refractivity contribution is 8.15. The van der Waals surface area contributed by atoms with Gasteiger partial charge in [-0.15, -0.1) is 0 Å². The van der Waals surface area contributed by atoms with Gasteiger partial charge >= 0.3 is 0 Å². The molecule has 1 N–H and O–H groups in total. The van der Waals surface area contributed by atoms with Gasteiger partial charge < -0.3 is 25.1 Å². The molecule has 2 aromatic rings. The largest absolute Gasteiger partial charge is 0.545 e. The number of rotatable bonds is 6. The second kappa shape index (κ2) is 7.50. The highest BCUT2D eigenvalue weighted by Crippen LogP contribution is 2.29. The number of carbonyl (C=O) groups excluding carboxylic acids is 4. The van der Waals surface area contributed by atoms with E-state index in [1.807, 2.05) is 0 Å². The van der Waals surface area contributed by atoms with Crippen LogP contribution in [-0.4, -0.2) is 33.4 Å². The standard InChI is InChI=1S/C18H14N2O6S/c21-15-14(19-13-6-4-11(5-7-13)16(22)23)27-18(26)20(15)9-10-2-1-3-12(8-10)17(24)25/h1-8,14,19H,9H2,(H,22,23)(H,24,25)/p-2/t14-/m1/s1. The Morgan fingerprint density at radius 2 is 1.67 bits per heavy atom. The second-order valence-corrected chi connectivity index (χ2v) is 6.74. The lowest BCUT2D eigenvalue weighted by atomic mass is 10.1. The van der Waals surface area contributed by atoms with Gasteiger partial charge in [-0.3, -0.25) is 14.5 Å². The van der Waals surface area contributed by atoms with Crippen LogP contribution in [0.25, 0.3) is 0 Å². The van der Waals surface area contributed by atoms with E-state index in [1.165, 1.54) is 42.5 Å². The molecule has 0 aromatic heterocycles. The second-order valence-electron chi connectivity index (χ2n) is 5.69. The fourth-order valence-corrected chi connectivity index (χ4v) is 3.42. The van der Waals surface area contributed by atoms with Gasteiger partial charge in [-0.25, -0.2) is 0 Å². The average Bonchev–Trinajstić information content (AvgIpc) is 2.90. The monoisotopic (exact) mass is 384 g/mol. The number of benzene rings is 2. The molecule has 1 atom stereocenters. The molecular weight excluding hydrogens is 372 g/mol. The minimum Gasteiger partial charge on any atom is -0.545 e. The Labute approximate surface area is 157 Å². The van der Waals surface area contributed by atoms with Gasteiger partial charge in [0.05, 0.1) is 18.5 Å². The van der Waals surface area contributed by atoms with E-state index >= 15 is 0 Å². The van der Waals surface area contributed by atoms with Gasteiger partial charge in [-0.2, -0.15) is 0 Å². The molecule has 0 unspecified atom stereocenters. The molecule has 138 valence electrons. The SMILES string of the molecule is O=C([O-])c1ccc(N[C@@H]2SC(=O)N(Cc3cccc(C(=O)[O-])c3)C2=O)cc1. The third kappa shape index (κ3) is 4.09. The van der Waals surface area contributed by atoms with E-state index in [0.29, 0.717) is 11.3 Å². The maximum absolute atomic E-state index is 12.5. The molecule has 0 aliphatic carbocycles. The van der Waals surface area contributed by atoms with Crippen LogP contribution in [0.5, 0.6) is 0 Å². The number of nitrogens with zero attached hydrogens (tertiary/aromatic N) is 1. The number of carbonyl (C=O) groups is 4. The number of aromatic carboxylic acids is 2. The van der Waals surface area contributed by atoms with Crippen molar-refractivity contribution in [1.29, 1.82) is 0 Å². The third-order valence-corrected chi connectivity index (χ3v) is 4.83. The van der Waals surface area contributed by atoms with Crippen molar-refractivity contribution in [1.82, 2.24) is 4.90 Å². The van der Waals surface area contributed by atoms with Crippen LogP contribution in [-0.2, 0) is 11.3 Å². The van der Waals surface area contributed by atoms with Gasteiger partial charge in [0.25, 0.3) is 11.1 Å². The van der Waals surface area contributed by atoms with E-state index in [0.717, 1.165) is 16.7 Å². The normalized spacial score (nSPS) is 16.4. The van der Waals surface area contributed by atoms with Crippen molar-refractivity contribution in [3.05, 3.63) is 65.2 Å². The first-order valence-corrected chi connectivity index (χ1v) is 8.63. The Morgan fingerprint density at radius 1 is 1.00 bits per heavy atom. The Hall–Kier alpha value is -3.33. The first-order valence-electron chi connectivity index (χ1n) is 7.75. The summed E-state index contributed by atoms with van der Waals surface area (Å²) >= 11 is 0.786. The summed E-state index contributed by atoms with van der Waals surface area (Å²) in [7, 11) is 0. The van der Waals surface area contributed by atoms with Crippen molar-refractivity contribution in [3.63, 3.8) is 0 Å². The molecule has 1 aliphatic heterocycles. The summed E-state index contributed by atoms with van der Waals surface area (Å²) in [6.07, 6.45) is 0. The van der Waals surface area contributed by atoms with Crippen molar-refractivity contribution in [2.45, 2.75) is 11.9 Å². The average molecular weight is 384 g/mol. The fourth-order valence-electron chi connectivity index (χ4n) is 2.51. The smallest absolute Gasteiger partial charge is 0.291 e. The molecule has 1 saturated heterocycles. The van der Waals surface area contributed by atoms with Crippen molar-refractivity contribution in [3.8, 4) is 0 Å². The molecule has 0 spiro atoms. The van der Waals surface area contributed by atoms with Crippen molar-refractivity contribution in [2.75, 3.05) is 5.32 Å². The molecule has 9 heteroatoms. The lowest BCUT2D eigenvalue weighted by molar-refractivity contribution is -0.256. The van der Waals surface area contributed by atoms with Gasteiger partial charge in [0.2, 0.25) is 0 Å². The molecule has 1 heterocycles. The van der Waals surface area contributed by atoms with Crippen molar-refractivity contribution < 1.29 is 29.4 Å². The van der Waals surface area contributed by atoms with Crippen LogP contribution in [0.15, 0.2) is 48.5 Å². The summed E-state index contributed by atoms with van der Waals surface area (Å²) in [6.45, 7) is -0.0619. The number of hydrogen-bond donors (Lipinski definition) is 1. The number of amides is 2. The van der Waals surface area contributed by atoms with Crippen LogP contribution < -0.4 is 15.5 Å². The summed E-state index contributed by atoms with van der Waals surface area (Å²) in [5.41, 5.74) is 0.913. The zero-order chi connectivity index (χ0) is 19.6. The Morgan fingerprint density at radius 3 is 2.30 bits per heavy atom. The van der Waals surface area contributed by atoms with Crippen LogP contribution in [0.1, 0.15) is 26.3 Å². The number of hydrogen-bond acceptors (Lipinski definition) is 8. The molecule has 2 amide bonds. The van der Waals surface area contributed by atoms with Crippen LogP contribution in [0.3, 0.4) is 0 Å². The molecule has 1 fully saturated rings. The minimum atomic E-state index is -1.34. The maximum Gasteiger partial charge on any atom is 0.291 e. The summed E-state index contributed by atoms with van der Waals surface area (Å²) in [4.78, 5) is 47.4. The van der Waals surface area contributed by atoms with Gasteiger partial charge in [0, 0.05) is 5.69 Å². The van der Waals surface area contributed by atoms with Gasteiger partial charge in [0.15, 0.2) is 5.37 Å². The lowest BCUT2D eigenvalue weighted by Crippen LogP contribution is -2.34. The topological polar surface area (TPSA) is 130 Å². The van der Waals surface area contributed by atoms with E-state index < -0.39 is 28.5 Å².